The molecule has 0 bridgehead atoms. The van der Waals surface area contributed by atoms with E-state index in [1.807, 2.05) is 57.1 Å². The first-order chi connectivity index (χ1) is 8.54. The van der Waals surface area contributed by atoms with Gasteiger partial charge in [0, 0.05) is 21.1 Å². The Morgan fingerprint density at radius 1 is 1.39 bits per heavy atom. The van der Waals surface area contributed by atoms with Crippen molar-refractivity contribution >= 4 is 5.96 Å². The van der Waals surface area contributed by atoms with Crippen LogP contribution in [-0.2, 0) is 0 Å². The molecular weight excluding hydrogens is 226 g/mol. The first kappa shape index (κ1) is 14.4. The fourth-order valence-corrected chi connectivity index (χ4v) is 1.62. The molecule has 1 N–H and O–H groups in total. The zero-order valence-corrected chi connectivity index (χ0v) is 11.9. The van der Waals surface area contributed by atoms with E-state index in [1.165, 1.54) is 0 Å². The van der Waals surface area contributed by atoms with Crippen molar-refractivity contribution in [2.75, 3.05) is 27.7 Å². The third-order valence-electron chi connectivity index (χ3n) is 2.60. The van der Waals surface area contributed by atoms with Gasteiger partial charge in [0.2, 0.25) is 0 Å². The Morgan fingerprint density at radius 3 is 2.61 bits per heavy atom. The molecule has 100 valence electrons. The molecule has 4 heteroatoms. The molecule has 0 heterocycles. The first-order valence-corrected chi connectivity index (χ1v) is 6.15. The van der Waals surface area contributed by atoms with E-state index < -0.39 is 0 Å². The Morgan fingerprint density at radius 2 is 2.06 bits per heavy atom. The lowest BCUT2D eigenvalue weighted by Crippen LogP contribution is -2.41. The summed E-state index contributed by atoms with van der Waals surface area (Å²) in [6.45, 7) is 4.82. The quantitative estimate of drug-likeness (QED) is 0.654. The van der Waals surface area contributed by atoms with Gasteiger partial charge in [-0.15, -0.1) is 0 Å². The van der Waals surface area contributed by atoms with Crippen LogP contribution in [0.15, 0.2) is 29.3 Å². The van der Waals surface area contributed by atoms with Gasteiger partial charge in [0.25, 0.3) is 0 Å². The summed E-state index contributed by atoms with van der Waals surface area (Å²) >= 11 is 0. The fourth-order valence-electron chi connectivity index (χ4n) is 1.62. The predicted molar refractivity (Wildman–Crippen MR) is 76.3 cm³/mol. The van der Waals surface area contributed by atoms with Crippen LogP contribution in [0.3, 0.4) is 0 Å². The van der Waals surface area contributed by atoms with Gasteiger partial charge in [-0.25, -0.2) is 0 Å². The molecule has 0 saturated carbocycles. The molecule has 1 unspecified atom stereocenters. The third-order valence-corrected chi connectivity index (χ3v) is 2.60. The molecule has 4 nitrogen and oxygen atoms in total. The highest BCUT2D eigenvalue weighted by molar-refractivity contribution is 5.79. The van der Waals surface area contributed by atoms with Gasteiger partial charge < -0.3 is 15.0 Å². The van der Waals surface area contributed by atoms with E-state index in [4.69, 9.17) is 4.74 Å². The van der Waals surface area contributed by atoms with Crippen molar-refractivity contribution in [3.8, 4) is 5.75 Å². The summed E-state index contributed by atoms with van der Waals surface area (Å²) in [5.74, 6) is 1.79. The van der Waals surface area contributed by atoms with Gasteiger partial charge in [0.1, 0.15) is 11.9 Å². The molecule has 0 spiro atoms. The Labute approximate surface area is 110 Å². The minimum atomic E-state index is 0.0859. The van der Waals surface area contributed by atoms with Crippen LogP contribution >= 0.6 is 0 Å². The molecule has 18 heavy (non-hydrogen) atoms. The van der Waals surface area contributed by atoms with Crippen LogP contribution in [-0.4, -0.2) is 44.7 Å². The minimum Gasteiger partial charge on any atom is -0.489 e. The van der Waals surface area contributed by atoms with E-state index in [2.05, 4.69) is 10.3 Å². The molecule has 1 aromatic carbocycles. The summed E-state index contributed by atoms with van der Waals surface area (Å²) < 4.78 is 5.88. The van der Waals surface area contributed by atoms with Crippen LogP contribution in [0.4, 0.5) is 0 Å². The number of hydrogen-bond donors (Lipinski definition) is 1. The predicted octanol–water partition coefficient (Wildman–Crippen LogP) is 1.90. The number of rotatable bonds is 4. The van der Waals surface area contributed by atoms with Gasteiger partial charge in [-0.2, -0.15) is 0 Å². The lowest BCUT2D eigenvalue weighted by molar-refractivity contribution is 0.221. The lowest BCUT2D eigenvalue weighted by Gasteiger charge is -2.21. The van der Waals surface area contributed by atoms with Crippen molar-refractivity contribution in [2.45, 2.75) is 20.0 Å². The van der Waals surface area contributed by atoms with E-state index in [1.54, 1.807) is 7.05 Å². The Hall–Kier alpha value is -1.71. The van der Waals surface area contributed by atoms with E-state index >= 15 is 0 Å². The van der Waals surface area contributed by atoms with Crippen LogP contribution in [0, 0.1) is 6.92 Å². The van der Waals surface area contributed by atoms with Crippen molar-refractivity contribution in [1.29, 1.82) is 0 Å². The molecule has 0 aliphatic rings. The van der Waals surface area contributed by atoms with Crippen molar-refractivity contribution in [3.63, 3.8) is 0 Å². The van der Waals surface area contributed by atoms with Gasteiger partial charge in [-0.05, 0) is 25.5 Å². The van der Waals surface area contributed by atoms with Crippen LogP contribution in [0.25, 0.3) is 0 Å². The van der Waals surface area contributed by atoms with E-state index in [0.29, 0.717) is 0 Å². The summed E-state index contributed by atoms with van der Waals surface area (Å²) in [7, 11) is 5.69. The number of aliphatic imine (C=N–C) groups is 1. The number of aryl methyl sites for hydroxylation is 1. The summed E-state index contributed by atoms with van der Waals surface area (Å²) in [6.07, 6.45) is 0.0859. The van der Waals surface area contributed by atoms with Crippen LogP contribution in [0.5, 0.6) is 5.75 Å². The molecule has 1 rings (SSSR count). The highest BCUT2D eigenvalue weighted by atomic mass is 16.5. The van der Waals surface area contributed by atoms with Crippen LogP contribution in [0.1, 0.15) is 12.5 Å². The summed E-state index contributed by atoms with van der Waals surface area (Å²) in [4.78, 5) is 6.10. The lowest BCUT2D eigenvalue weighted by atomic mass is 10.2. The second-order valence-corrected chi connectivity index (χ2v) is 4.52. The molecule has 0 saturated heterocycles. The standard InChI is InChI=1S/C14H23N3O/c1-11-8-6-7-9-13(11)18-12(2)10-16-14(15-3)17(4)5/h6-9,12H,10H2,1-5H3,(H,15,16). The highest BCUT2D eigenvalue weighted by Gasteiger charge is 2.07. The maximum absolute atomic E-state index is 5.88. The number of nitrogens with one attached hydrogen (secondary N) is 1. The maximum atomic E-state index is 5.88. The van der Waals surface area contributed by atoms with E-state index in [-0.39, 0.29) is 6.10 Å². The number of guanidine groups is 1. The zero-order chi connectivity index (χ0) is 13.5. The van der Waals surface area contributed by atoms with Gasteiger partial charge in [-0.3, -0.25) is 4.99 Å². The van der Waals surface area contributed by atoms with Gasteiger partial charge >= 0.3 is 0 Å². The summed E-state index contributed by atoms with van der Waals surface area (Å²) in [6, 6.07) is 8.04. The first-order valence-electron chi connectivity index (χ1n) is 6.15. The number of nitrogens with zero attached hydrogens (tertiary/aromatic N) is 2. The smallest absolute Gasteiger partial charge is 0.193 e. The molecular formula is C14H23N3O. The highest BCUT2D eigenvalue weighted by Crippen LogP contribution is 2.17. The second kappa shape index (κ2) is 6.89. The number of benzene rings is 1. The minimum absolute atomic E-state index is 0.0859. The normalized spacial score (nSPS) is 13.1. The van der Waals surface area contributed by atoms with Crippen molar-refractivity contribution in [3.05, 3.63) is 29.8 Å². The molecule has 0 radical (unpaired) electrons. The summed E-state index contributed by atoms with van der Waals surface area (Å²) in [5.41, 5.74) is 1.15. The summed E-state index contributed by atoms with van der Waals surface area (Å²) in [5, 5.41) is 3.26. The molecule has 1 aromatic rings. The van der Waals surface area contributed by atoms with E-state index in [9.17, 15) is 0 Å². The SMILES string of the molecule is CN=C(NCC(C)Oc1ccccc1C)N(C)C. The Balaban J connectivity index is 2.48. The average Bonchev–Trinajstić information content (AvgIpc) is 2.32. The van der Waals surface area contributed by atoms with Gasteiger partial charge in [0.05, 0.1) is 6.54 Å². The molecule has 0 amide bonds. The largest absolute Gasteiger partial charge is 0.489 e. The van der Waals surface area contributed by atoms with Crippen molar-refractivity contribution in [1.82, 2.24) is 10.2 Å². The molecule has 0 aliphatic heterocycles. The Kier molecular flexibility index (Phi) is 5.49. The third kappa shape index (κ3) is 4.28. The van der Waals surface area contributed by atoms with Crippen LogP contribution < -0.4 is 10.1 Å². The molecule has 0 fully saturated rings. The molecule has 1 atom stereocenters. The van der Waals surface area contributed by atoms with Crippen LogP contribution in [0.2, 0.25) is 0 Å². The number of ether oxygens (including phenoxy) is 1. The number of hydrogen-bond acceptors (Lipinski definition) is 2. The fraction of sp³-hybridized carbons (Fsp3) is 0.500. The topological polar surface area (TPSA) is 36.9 Å². The van der Waals surface area contributed by atoms with Crippen molar-refractivity contribution < 1.29 is 4.74 Å². The number of para-hydroxylation sites is 1. The monoisotopic (exact) mass is 249 g/mol. The zero-order valence-electron chi connectivity index (χ0n) is 11.9. The molecule has 0 aliphatic carbocycles. The Bertz CT molecular complexity index is 402. The maximum Gasteiger partial charge on any atom is 0.193 e. The average molecular weight is 249 g/mol. The molecule has 0 aromatic heterocycles. The van der Waals surface area contributed by atoms with Gasteiger partial charge in [-0.1, -0.05) is 18.2 Å². The van der Waals surface area contributed by atoms with Crippen molar-refractivity contribution in [2.24, 2.45) is 4.99 Å². The second-order valence-electron chi connectivity index (χ2n) is 4.52. The van der Waals surface area contributed by atoms with E-state index in [0.717, 1.165) is 23.8 Å². The van der Waals surface area contributed by atoms with Gasteiger partial charge in [0.15, 0.2) is 5.96 Å².